The van der Waals surface area contributed by atoms with Crippen molar-refractivity contribution < 1.29 is 9.09 Å². The van der Waals surface area contributed by atoms with E-state index in [1.54, 1.807) is 5.82 Å². The van der Waals surface area contributed by atoms with E-state index in [1.165, 1.54) is 0 Å². The lowest BCUT2D eigenvalue weighted by Crippen LogP contribution is -2.46. The summed E-state index contributed by atoms with van der Waals surface area (Å²) in [6.45, 7) is 14.9. The minimum atomic E-state index is -2.94. The second-order valence-corrected chi connectivity index (χ2v) is 8.78. The molecule has 0 aliphatic carbocycles. The Labute approximate surface area is 111 Å². The molecule has 0 amide bonds. The first-order valence-electron chi connectivity index (χ1n) is 6.46. The van der Waals surface area contributed by atoms with Gasteiger partial charge < -0.3 is 4.52 Å². The maximum Gasteiger partial charge on any atom is 0.303 e. The predicted molar refractivity (Wildman–Crippen MR) is 76.8 cm³/mol. The molecule has 0 spiro atoms. The molecule has 0 aromatic carbocycles. The van der Waals surface area contributed by atoms with Gasteiger partial charge in [0, 0.05) is 12.1 Å². The maximum absolute atomic E-state index is 13.1. The molecule has 1 atom stereocenters. The van der Waals surface area contributed by atoms with Crippen LogP contribution in [0.15, 0.2) is 17.1 Å². The Bertz CT molecular complexity index is 422. The Morgan fingerprint density at radius 1 is 1.39 bits per heavy atom. The van der Waals surface area contributed by atoms with Crippen molar-refractivity contribution in [1.29, 1.82) is 0 Å². The van der Waals surface area contributed by atoms with Gasteiger partial charge in [-0.2, -0.15) is 0 Å². The summed E-state index contributed by atoms with van der Waals surface area (Å²) in [4.78, 5) is 0. The van der Waals surface area contributed by atoms with E-state index in [2.05, 4.69) is 26.5 Å². The first-order chi connectivity index (χ1) is 7.96. The molecule has 0 bridgehead atoms. The topological polar surface area (TPSA) is 29.5 Å². The number of hydrogen-bond donors (Lipinski definition) is 0. The molecule has 1 rings (SSSR count). The second-order valence-electron chi connectivity index (χ2n) is 6.73. The van der Waals surface area contributed by atoms with Crippen molar-refractivity contribution in [3.63, 3.8) is 0 Å². The van der Waals surface area contributed by atoms with Gasteiger partial charge in [-0.3, -0.25) is 4.57 Å². The highest BCUT2D eigenvalue weighted by Gasteiger charge is 2.45. The molecule has 4 heteroatoms. The largest absolute Gasteiger partial charge is 0.308 e. The summed E-state index contributed by atoms with van der Waals surface area (Å²) in [5.41, 5.74) is 3.55. The molecule has 0 saturated carbocycles. The van der Waals surface area contributed by atoms with Crippen LogP contribution < -0.4 is 0 Å². The molecule has 0 aromatic heterocycles. The molecule has 1 unspecified atom stereocenters. The van der Waals surface area contributed by atoms with Gasteiger partial charge in [-0.1, -0.05) is 0 Å². The molecular weight excluding hydrogens is 245 g/mol. The highest BCUT2D eigenvalue weighted by molar-refractivity contribution is 7.59. The molecule has 0 N–H and O–H groups in total. The zero-order valence-electron chi connectivity index (χ0n) is 12.7. The van der Waals surface area contributed by atoms with Crippen molar-refractivity contribution in [2.45, 2.75) is 66.0 Å². The van der Waals surface area contributed by atoms with Gasteiger partial charge in [0.2, 0.25) is 0 Å². The molecule has 104 valence electrons. The monoisotopic (exact) mass is 271 g/mol. The van der Waals surface area contributed by atoms with Crippen LogP contribution in [0.25, 0.3) is 0 Å². The highest BCUT2D eigenvalue weighted by Crippen LogP contribution is 2.61. The summed E-state index contributed by atoms with van der Waals surface area (Å²) in [6.07, 6.45) is 0.886. The molecule has 0 radical (unpaired) electrons. The number of nitrogens with zero attached hydrogens (tertiary/aromatic N) is 1. The third-order valence-corrected chi connectivity index (χ3v) is 5.62. The standard InChI is InChI=1S/C14H26NO2P/c1-12(2)8-11-18(16)15(13(3,4)5)10-9-14(6,7)17-18/h11H,9-10H2,1-7H3. The average molecular weight is 271 g/mol. The Morgan fingerprint density at radius 2 is 1.94 bits per heavy atom. The van der Waals surface area contributed by atoms with Crippen molar-refractivity contribution in [2.24, 2.45) is 0 Å². The molecule has 18 heavy (non-hydrogen) atoms. The van der Waals surface area contributed by atoms with Gasteiger partial charge in [-0.05, 0) is 60.5 Å². The number of allylic oxidation sites excluding steroid dienone is 1. The third-order valence-electron chi connectivity index (χ3n) is 2.93. The van der Waals surface area contributed by atoms with Crippen LogP contribution in [-0.2, 0) is 9.09 Å². The minimum absolute atomic E-state index is 0.175. The van der Waals surface area contributed by atoms with E-state index < -0.39 is 7.52 Å². The highest BCUT2D eigenvalue weighted by atomic mass is 31.2. The van der Waals surface area contributed by atoms with E-state index in [0.29, 0.717) is 0 Å². The molecule has 1 aliphatic heterocycles. The lowest BCUT2D eigenvalue weighted by atomic mass is 10.0. The summed E-state index contributed by atoms with van der Waals surface area (Å²) in [5.74, 6) is 1.63. The Hall–Kier alpha value is -0.330. The first kappa shape index (κ1) is 15.7. The van der Waals surface area contributed by atoms with Gasteiger partial charge in [0.25, 0.3) is 0 Å². The Balaban J connectivity index is 3.21. The zero-order chi connectivity index (χ0) is 14.2. The number of hydrogen-bond acceptors (Lipinski definition) is 2. The summed E-state index contributed by atoms with van der Waals surface area (Å²) in [5, 5.41) is 0. The van der Waals surface area contributed by atoms with Crippen LogP contribution in [0.1, 0.15) is 54.9 Å². The fourth-order valence-corrected chi connectivity index (χ4v) is 4.75. The Kier molecular flexibility index (Phi) is 4.35. The molecule has 1 aliphatic rings. The SMILES string of the molecule is CC(C)=C=CP1(=O)OC(C)(C)CCN1C(C)(C)C. The van der Waals surface area contributed by atoms with Gasteiger partial charge in [0.15, 0.2) is 0 Å². The molecule has 1 heterocycles. The molecule has 0 aromatic rings. The number of rotatable bonds is 1. The molecule has 1 fully saturated rings. The summed E-state index contributed by atoms with van der Waals surface area (Å²) in [7, 11) is -2.94. The van der Waals surface area contributed by atoms with Gasteiger partial charge >= 0.3 is 7.52 Å². The van der Waals surface area contributed by atoms with Crippen molar-refractivity contribution in [1.82, 2.24) is 4.67 Å². The summed E-state index contributed by atoms with van der Waals surface area (Å²) < 4.78 is 21.0. The lowest BCUT2D eigenvalue weighted by Gasteiger charge is -2.47. The zero-order valence-corrected chi connectivity index (χ0v) is 13.6. The van der Waals surface area contributed by atoms with Crippen LogP contribution >= 0.6 is 7.52 Å². The average Bonchev–Trinajstić information content (AvgIpc) is 2.10. The normalized spacial score (nSPS) is 28.6. The van der Waals surface area contributed by atoms with E-state index in [0.717, 1.165) is 18.5 Å². The van der Waals surface area contributed by atoms with Crippen LogP contribution in [0.4, 0.5) is 0 Å². The quantitative estimate of drug-likeness (QED) is 0.517. The van der Waals surface area contributed by atoms with Crippen LogP contribution in [0.2, 0.25) is 0 Å². The fourth-order valence-electron chi connectivity index (χ4n) is 2.02. The molecular formula is C14H26NO2P. The van der Waals surface area contributed by atoms with Crippen LogP contribution in [0, 0.1) is 0 Å². The van der Waals surface area contributed by atoms with Crippen LogP contribution in [0.3, 0.4) is 0 Å². The smallest absolute Gasteiger partial charge is 0.303 e. The van der Waals surface area contributed by atoms with Crippen molar-refractivity contribution in [2.75, 3.05) is 6.54 Å². The van der Waals surface area contributed by atoms with E-state index in [-0.39, 0.29) is 11.1 Å². The van der Waals surface area contributed by atoms with Gasteiger partial charge in [0.05, 0.1) is 11.4 Å². The fraction of sp³-hybridized carbons (Fsp3) is 0.786. The minimum Gasteiger partial charge on any atom is -0.308 e. The predicted octanol–water partition coefficient (Wildman–Crippen LogP) is 4.56. The van der Waals surface area contributed by atoms with Crippen LogP contribution in [0.5, 0.6) is 0 Å². The first-order valence-corrected chi connectivity index (χ1v) is 8.11. The lowest BCUT2D eigenvalue weighted by molar-refractivity contribution is 0.0350. The molecule has 3 nitrogen and oxygen atoms in total. The summed E-state index contributed by atoms with van der Waals surface area (Å²) in [6, 6.07) is 0. The second kappa shape index (κ2) is 4.98. The third kappa shape index (κ3) is 3.83. The van der Waals surface area contributed by atoms with Crippen molar-refractivity contribution in [3.05, 3.63) is 17.1 Å². The van der Waals surface area contributed by atoms with E-state index in [4.69, 9.17) is 4.52 Å². The van der Waals surface area contributed by atoms with Gasteiger partial charge in [-0.15, -0.1) is 5.73 Å². The van der Waals surface area contributed by atoms with Crippen molar-refractivity contribution >= 4 is 7.52 Å². The van der Waals surface area contributed by atoms with E-state index in [1.807, 2.05) is 32.4 Å². The maximum atomic E-state index is 13.1. The summed E-state index contributed by atoms with van der Waals surface area (Å²) >= 11 is 0. The van der Waals surface area contributed by atoms with Gasteiger partial charge in [0.1, 0.15) is 0 Å². The molecule has 1 saturated heterocycles. The van der Waals surface area contributed by atoms with E-state index >= 15 is 0 Å². The van der Waals surface area contributed by atoms with Crippen LogP contribution in [-0.4, -0.2) is 22.4 Å². The Morgan fingerprint density at radius 3 is 2.39 bits per heavy atom. The van der Waals surface area contributed by atoms with E-state index in [9.17, 15) is 4.57 Å². The van der Waals surface area contributed by atoms with Crippen molar-refractivity contribution in [3.8, 4) is 0 Å². The van der Waals surface area contributed by atoms with Gasteiger partial charge in [-0.25, -0.2) is 4.67 Å².